The Morgan fingerprint density at radius 1 is 1.33 bits per heavy atom. The number of hydrogen-bond acceptors (Lipinski definition) is 12. The predicted molar refractivity (Wildman–Crippen MR) is 124 cm³/mol. The molecule has 0 spiro atoms. The molecule has 9 unspecified atom stereocenters. The van der Waals surface area contributed by atoms with Crippen LogP contribution < -0.4 is 33.2 Å². The molecular weight excluding hydrogens is 481 g/mol. The largest absolute Gasteiger partial charge is 0.388 e. The number of nitrogens with one attached hydrogen (secondary N) is 3. The maximum atomic E-state index is 12.6. The van der Waals surface area contributed by atoms with Crippen LogP contribution in [0.25, 0.3) is 0 Å². The van der Waals surface area contributed by atoms with E-state index in [-0.39, 0.29) is 31.9 Å². The van der Waals surface area contributed by atoms with Crippen LogP contribution in [-0.2, 0) is 19.0 Å². The molecule has 1 aliphatic carbocycles. The lowest BCUT2D eigenvalue weighted by Crippen LogP contribution is -2.71. The highest BCUT2D eigenvalue weighted by molar-refractivity contribution is 5.87. The quantitative estimate of drug-likeness (QED) is 0.0758. The molecule has 4 aliphatic rings. The molecule has 36 heavy (non-hydrogen) atoms. The van der Waals surface area contributed by atoms with E-state index in [1.54, 1.807) is 0 Å². The minimum atomic E-state index is -1.57. The number of amidine groups is 1. The fraction of sp³-hybridized carbons (Fsp3) is 0.810. The van der Waals surface area contributed by atoms with Crippen molar-refractivity contribution < 1.29 is 38.7 Å². The van der Waals surface area contributed by atoms with Gasteiger partial charge in [-0.3, -0.25) is 9.79 Å². The van der Waals surface area contributed by atoms with Gasteiger partial charge in [-0.1, -0.05) is 0 Å². The van der Waals surface area contributed by atoms with Crippen molar-refractivity contribution in [3.63, 3.8) is 0 Å². The number of hydrogen-bond donors (Lipinski definition) is 9. The number of carbonyl (C=O) groups is 1. The molecule has 0 aromatic rings. The van der Waals surface area contributed by atoms with Crippen molar-refractivity contribution >= 4 is 11.7 Å². The van der Waals surface area contributed by atoms with Crippen LogP contribution in [0.1, 0.15) is 19.3 Å². The Kier molecular flexibility index (Phi) is 8.43. The van der Waals surface area contributed by atoms with Gasteiger partial charge in [0.25, 0.3) is 5.91 Å². The van der Waals surface area contributed by atoms with E-state index in [1.807, 2.05) is 0 Å². The molecule has 0 aromatic heterocycles. The van der Waals surface area contributed by atoms with Crippen molar-refractivity contribution in [2.45, 2.75) is 80.0 Å². The molecule has 14 nitrogen and oxygen atoms in total. The van der Waals surface area contributed by atoms with Gasteiger partial charge in [-0.15, -0.1) is 0 Å². The van der Waals surface area contributed by atoms with Gasteiger partial charge in [0.1, 0.15) is 30.8 Å². The van der Waals surface area contributed by atoms with E-state index in [2.05, 4.69) is 20.9 Å². The molecule has 0 radical (unpaired) electrons. The zero-order valence-electron chi connectivity index (χ0n) is 19.8. The van der Waals surface area contributed by atoms with Crippen LogP contribution in [0.5, 0.6) is 0 Å². The number of carbonyl (C=O) groups excluding carboxylic acids is 1. The maximum Gasteiger partial charge on any atom is 0.254 e. The number of halogens is 1. The highest BCUT2D eigenvalue weighted by Gasteiger charge is 2.50. The average Bonchev–Trinajstić information content (AvgIpc) is 3.68. The summed E-state index contributed by atoms with van der Waals surface area (Å²) < 4.78 is 30.2. The van der Waals surface area contributed by atoms with Gasteiger partial charge in [-0.05, 0) is 19.3 Å². The van der Waals surface area contributed by atoms with Gasteiger partial charge >= 0.3 is 0 Å². The second-order valence-electron chi connectivity index (χ2n) is 9.74. The van der Waals surface area contributed by atoms with Crippen molar-refractivity contribution in [2.75, 3.05) is 26.3 Å². The molecule has 12 N–H and O–H groups in total. The smallest absolute Gasteiger partial charge is 0.254 e. The first-order chi connectivity index (χ1) is 17.1. The molecule has 2 saturated heterocycles. The number of ether oxygens (including phenoxy) is 3. The zero-order chi connectivity index (χ0) is 26.0. The Balaban J connectivity index is 1.44. The molecule has 3 heterocycles. The van der Waals surface area contributed by atoms with Crippen LogP contribution in [0.2, 0.25) is 0 Å². The van der Waals surface area contributed by atoms with Crippen LogP contribution in [-0.4, -0.2) is 114 Å². The normalized spacial score (nSPS) is 38.8. The lowest BCUT2D eigenvalue weighted by Gasteiger charge is -2.47. The van der Waals surface area contributed by atoms with Crippen LogP contribution in [0.3, 0.4) is 0 Å². The number of alkyl halides is 1. The Morgan fingerprint density at radius 3 is 2.67 bits per heavy atom. The number of aliphatic imine (C=N–C) groups is 1. The van der Waals surface area contributed by atoms with Crippen LogP contribution in [0, 0.1) is 0 Å². The molecule has 3 fully saturated rings. The highest BCUT2D eigenvalue weighted by Crippen LogP contribution is 2.30. The van der Waals surface area contributed by atoms with E-state index in [4.69, 9.17) is 31.4 Å². The van der Waals surface area contributed by atoms with Crippen molar-refractivity contribution in [3.8, 4) is 0 Å². The fourth-order valence-corrected chi connectivity index (χ4v) is 4.53. The maximum absolute atomic E-state index is 12.6. The molecule has 0 bridgehead atoms. The molecule has 1 amide bonds. The molecule has 9 atom stereocenters. The molecule has 204 valence electrons. The van der Waals surface area contributed by atoms with Gasteiger partial charge in [-0.2, -0.15) is 0 Å². The average molecular weight is 518 g/mol. The van der Waals surface area contributed by atoms with Gasteiger partial charge < -0.3 is 62.7 Å². The van der Waals surface area contributed by atoms with Gasteiger partial charge in [0.15, 0.2) is 18.2 Å². The number of aliphatic hydroxyl groups is 3. The molecule has 1 saturated carbocycles. The summed E-state index contributed by atoms with van der Waals surface area (Å²) in [5.41, 5.74) is 16.8. The van der Waals surface area contributed by atoms with Gasteiger partial charge in [-0.25, -0.2) is 4.39 Å². The van der Waals surface area contributed by atoms with E-state index in [9.17, 15) is 24.5 Å². The Bertz CT molecular complexity index is 860. The Hall–Kier alpha value is -1.95. The van der Waals surface area contributed by atoms with E-state index < -0.39 is 73.3 Å². The third-order valence-corrected chi connectivity index (χ3v) is 6.88. The standard InChI is InChI=1S/C21H36FN7O7/c22-4-14(25)28-5-9-1-2-10(23)19(34-9)36-16-11(24)3-12(29-20(32)21(33)7-26-8-21)17(15(16)30)35-18(31)13-6-27-13/h6,9-12,15-19,26-27,30-31,33H,1-5,7-8,23-24H2,(H2,25,28)(H,29,32). The van der Waals surface area contributed by atoms with Gasteiger partial charge in [0, 0.05) is 25.3 Å². The second kappa shape index (κ2) is 11.2. The van der Waals surface area contributed by atoms with Crippen molar-refractivity contribution in [2.24, 2.45) is 22.2 Å². The first-order valence-corrected chi connectivity index (χ1v) is 12.0. The summed E-state index contributed by atoms with van der Waals surface area (Å²) in [6, 6.07) is -2.12. The van der Waals surface area contributed by atoms with Crippen LogP contribution >= 0.6 is 0 Å². The number of nitrogens with two attached hydrogens (primary N) is 3. The van der Waals surface area contributed by atoms with Gasteiger partial charge in [0.2, 0.25) is 0 Å². The summed E-state index contributed by atoms with van der Waals surface area (Å²) >= 11 is 0. The topological polar surface area (TPSA) is 242 Å². The minimum Gasteiger partial charge on any atom is -0.388 e. The number of nitrogens with zero attached hydrogens (tertiary/aromatic N) is 1. The lowest BCUT2D eigenvalue weighted by molar-refractivity contribution is -0.264. The second-order valence-corrected chi connectivity index (χ2v) is 9.74. The molecule has 4 rings (SSSR count). The third-order valence-electron chi connectivity index (χ3n) is 6.88. The van der Waals surface area contributed by atoms with E-state index in [1.165, 1.54) is 6.20 Å². The monoisotopic (exact) mass is 517 g/mol. The third kappa shape index (κ3) is 6.12. The fourth-order valence-electron chi connectivity index (χ4n) is 4.53. The number of aliphatic hydroxyl groups excluding tert-OH is 2. The summed E-state index contributed by atoms with van der Waals surface area (Å²) in [4.78, 5) is 16.6. The van der Waals surface area contributed by atoms with Crippen molar-refractivity contribution in [1.82, 2.24) is 16.0 Å². The van der Waals surface area contributed by atoms with E-state index in [0.29, 0.717) is 18.5 Å². The number of rotatable bonds is 10. The summed E-state index contributed by atoms with van der Waals surface area (Å²) in [5.74, 6) is -0.768. The first kappa shape index (κ1) is 27.1. The zero-order valence-corrected chi connectivity index (χ0v) is 19.8. The van der Waals surface area contributed by atoms with Crippen molar-refractivity contribution in [1.29, 1.82) is 0 Å². The molecular formula is C21H36FN7O7. The molecule has 0 aromatic carbocycles. The minimum absolute atomic E-state index is 0.0932. The number of amides is 1. The Morgan fingerprint density at radius 2 is 2.06 bits per heavy atom. The van der Waals surface area contributed by atoms with Gasteiger partial charge in [0.05, 0.1) is 30.4 Å². The lowest BCUT2D eigenvalue weighted by atomic mass is 9.83. The summed E-state index contributed by atoms with van der Waals surface area (Å²) in [6.07, 6.45) is -3.52. The Labute approximate surface area is 207 Å². The number of β-amino-alcohol motifs (C(OH)–C–C–N with tert-alkyl or cyclic N) is 1. The summed E-state index contributed by atoms with van der Waals surface area (Å²) in [7, 11) is 0. The summed E-state index contributed by atoms with van der Waals surface area (Å²) in [5, 5.41) is 40.1. The van der Waals surface area contributed by atoms with E-state index >= 15 is 0 Å². The SMILES string of the molecule is NC(CF)=NCC1CCC(N)C(OC2C(N)CC(NC(=O)C3(O)CNC3)C(OC(O)C3=CN3)C2O)O1. The highest BCUT2D eigenvalue weighted by atomic mass is 19.1. The molecule has 15 heteroatoms. The summed E-state index contributed by atoms with van der Waals surface area (Å²) in [6.45, 7) is -0.542. The van der Waals surface area contributed by atoms with Crippen LogP contribution in [0.4, 0.5) is 4.39 Å². The first-order valence-electron chi connectivity index (χ1n) is 12.0. The van der Waals surface area contributed by atoms with Crippen LogP contribution in [0.15, 0.2) is 16.9 Å². The van der Waals surface area contributed by atoms with Crippen molar-refractivity contribution in [3.05, 3.63) is 11.9 Å². The van der Waals surface area contributed by atoms with E-state index in [0.717, 1.165) is 0 Å². The molecule has 3 aliphatic heterocycles. The predicted octanol–water partition coefficient (Wildman–Crippen LogP) is -4.41.